The quantitative estimate of drug-likeness (QED) is 0.393. The van der Waals surface area contributed by atoms with Gasteiger partial charge in [0.1, 0.15) is 10.6 Å². The van der Waals surface area contributed by atoms with Crippen molar-refractivity contribution in [1.82, 2.24) is 19.7 Å². The van der Waals surface area contributed by atoms with Gasteiger partial charge in [0.15, 0.2) is 0 Å². The second-order valence-electron chi connectivity index (χ2n) is 7.97. The lowest BCUT2D eigenvalue weighted by Gasteiger charge is -2.14. The standard InChI is InChI=1S/C24H23N5O5S/c1-14-7-5-8-15(2)22(14)19-11-21(34-20-10-6-9-18(16(20)3)23(30)31)27-24(26-19)28-35(32,33)17-12-25-29(4)13-17/h5-13H,1-4H3,(H,30,31)(H,26,27,28). The third-order valence-corrected chi connectivity index (χ3v) is 6.67. The molecule has 180 valence electrons. The Morgan fingerprint density at radius 2 is 1.74 bits per heavy atom. The van der Waals surface area contributed by atoms with Crippen LogP contribution in [0, 0.1) is 20.8 Å². The summed E-state index contributed by atoms with van der Waals surface area (Å²) in [5.74, 6) is -0.961. The topological polar surface area (TPSA) is 136 Å². The van der Waals surface area contributed by atoms with E-state index in [-0.39, 0.29) is 28.0 Å². The van der Waals surface area contributed by atoms with Crippen LogP contribution in [0.15, 0.2) is 59.8 Å². The Balaban J connectivity index is 1.82. The third-order valence-electron chi connectivity index (χ3n) is 5.39. The number of carboxylic acid groups (broad SMARTS) is 1. The van der Waals surface area contributed by atoms with Crippen molar-refractivity contribution in [3.8, 4) is 22.9 Å². The first-order valence-electron chi connectivity index (χ1n) is 10.5. The molecule has 0 aliphatic heterocycles. The molecular weight excluding hydrogens is 470 g/mol. The summed E-state index contributed by atoms with van der Waals surface area (Å²) in [6, 6.07) is 12.0. The molecule has 35 heavy (non-hydrogen) atoms. The van der Waals surface area contributed by atoms with E-state index in [1.165, 1.54) is 23.1 Å². The molecule has 2 heterocycles. The highest BCUT2D eigenvalue weighted by Crippen LogP contribution is 2.32. The van der Waals surface area contributed by atoms with Gasteiger partial charge in [-0.25, -0.2) is 22.9 Å². The van der Waals surface area contributed by atoms with E-state index in [0.717, 1.165) is 16.7 Å². The summed E-state index contributed by atoms with van der Waals surface area (Å²) in [6.45, 7) is 5.47. The molecule has 0 spiro atoms. The van der Waals surface area contributed by atoms with E-state index in [0.29, 0.717) is 11.3 Å². The molecule has 0 amide bonds. The number of aromatic carboxylic acids is 1. The van der Waals surface area contributed by atoms with E-state index in [2.05, 4.69) is 19.8 Å². The highest BCUT2D eigenvalue weighted by molar-refractivity contribution is 7.92. The minimum absolute atomic E-state index is 0.0476. The first kappa shape index (κ1) is 23.9. The number of ether oxygens (including phenoxy) is 1. The minimum atomic E-state index is -4.02. The molecule has 2 N–H and O–H groups in total. The Morgan fingerprint density at radius 1 is 1.06 bits per heavy atom. The van der Waals surface area contributed by atoms with Crippen LogP contribution in [-0.4, -0.2) is 39.2 Å². The smallest absolute Gasteiger partial charge is 0.336 e. The first-order valence-corrected chi connectivity index (χ1v) is 12.0. The lowest BCUT2D eigenvalue weighted by atomic mass is 10.00. The molecule has 4 rings (SSSR count). The summed E-state index contributed by atoms with van der Waals surface area (Å²) in [6.07, 6.45) is 2.58. The number of hydrogen-bond donors (Lipinski definition) is 2. The first-order chi connectivity index (χ1) is 16.5. The monoisotopic (exact) mass is 493 g/mol. The van der Waals surface area contributed by atoms with Crippen LogP contribution in [-0.2, 0) is 17.1 Å². The van der Waals surface area contributed by atoms with Crippen LogP contribution in [0.2, 0.25) is 0 Å². The second-order valence-corrected chi connectivity index (χ2v) is 9.66. The Hall–Kier alpha value is -4.25. The number of rotatable bonds is 7. The number of nitrogens with zero attached hydrogens (tertiary/aromatic N) is 4. The SMILES string of the molecule is Cc1cccc(C)c1-c1cc(Oc2cccc(C(=O)O)c2C)nc(NS(=O)(=O)c2cnn(C)c2)n1. The molecule has 0 bridgehead atoms. The van der Waals surface area contributed by atoms with Gasteiger partial charge in [0.25, 0.3) is 10.0 Å². The summed E-state index contributed by atoms with van der Waals surface area (Å²) in [4.78, 5) is 20.2. The molecule has 4 aromatic rings. The summed E-state index contributed by atoms with van der Waals surface area (Å²) in [5, 5.41) is 13.3. The molecule has 0 aliphatic rings. The number of sulfonamides is 1. The minimum Gasteiger partial charge on any atom is -0.478 e. The van der Waals surface area contributed by atoms with E-state index in [1.54, 1.807) is 32.2 Å². The van der Waals surface area contributed by atoms with Crippen molar-refractivity contribution in [2.45, 2.75) is 25.7 Å². The molecule has 0 radical (unpaired) electrons. The molecule has 0 atom stereocenters. The molecule has 0 saturated carbocycles. The highest BCUT2D eigenvalue weighted by atomic mass is 32.2. The van der Waals surface area contributed by atoms with Gasteiger partial charge in [0, 0.05) is 30.4 Å². The van der Waals surface area contributed by atoms with E-state index in [4.69, 9.17) is 4.74 Å². The molecule has 10 nitrogen and oxygen atoms in total. The largest absolute Gasteiger partial charge is 0.478 e. The van der Waals surface area contributed by atoms with Crippen molar-refractivity contribution in [2.75, 3.05) is 4.72 Å². The van der Waals surface area contributed by atoms with Crippen LogP contribution in [0.1, 0.15) is 27.0 Å². The molecule has 11 heteroatoms. The maximum Gasteiger partial charge on any atom is 0.336 e. The predicted molar refractivity (Wildman–Crippen MR) is 129 cm³/mol. The summed E-state index contributed by atoms with van der Waals surface area (Å²) >= 11 is 0. The third kappa shape index (κ3) is 4.99. The maximum atomic E-state index is 12.9. The van der Waals surface area contributed by atoms with Gasteiger partial charge in [-0.15, -0.1) is 0 Å². The Labute approximate surface area is 202 Å². The number of nitrogens with one attached hydrogen (secondary N) is 1. The fourth-order valence-electron chi connectivity index (χ4n) is 3.66. The van der Waals surface area contributed by atoms with Crippen LogP contribution in [0.25, 0.3) is 11.3 Å². The number of carbonyl (C=O) groups is 1. The lowest BCUT2D eigenvalue weighted by molar-refractivity contribution is 0.0695. The van der Waals surface area contributed by atoms with Crippen molar-refractivity contribution in [1.29, 1.82) is 0 Å². The summed E-state index contributed by atoms with van der Waals surface area (Å²) in [5.41, 5.74) is 3.60. The maximum absolute atomic E-state index is 12.9. The number of carboxylic acids is 1. The molecular formula is C24H23N5O5S. The van der Waals surface area contributed by atoms with Crippen molar-refractivity contribution in [3.63, 3.8) is 0 Å². The van der Waals surface area contributed by atoms with Crippen LogP contribution in [0.3, 0.4) is 0 Å². The van der Waals surface area contributed by atoms with E-state index < -0.39 is 16.0 Å². The molecule has 0 unspecified atom stereocenters. The normalized spacial score (nSPS) is 11.3. The van der Waals surface area contributed by atoms with Crippen molar-refractivity contribution < 1.29 is 23.1 Å². The van der Waals surface area contributed by atoms with E-state index >= 15 is 0 Å². The van der Waals surface area contributed by atoms with Crippen molar-refractivity contribution >= 4 is 21.9 Å². The zero-order valence-corrected chi connectivity index (χ0v) is 20.3. The number of aryl methyl sites for hydroxylation is 3. The average Bonchev–Trinajstić information content (AvgIpc) is 3.22. The van der Waals surface area contributed by atoms with Gasteiger partial charge in [0.05, 0.1) is 17.5 Å². The van der Waals surface area contributed by atoms with Gasteiger partial charge in [-0.1, -0.05) is 24.3 Å². The number of benzene rings is 2. The van der Waals surface area contributed by atoms with Gasteiger partial charge < -0.3 is 9.84 Å². The van der Waals surface area contributed by atoms with Gasteiger partial charge in [-0.2, -0.15) is 10.1 Å². The van der Waals surface area contributed by atoms with Gasteiger partial charge in [0.2, 0.25) is 11.8 Å². The lowest BCUT2D eigenvalue weighted by Crippen LogP contribution is -2.15. The van der Waals surface area contributed by atoms with Crippen molar-refractivity contribution in [3.05, 3.63) is 77.1 Å². The van der Waals surface area contributed by atoms with Gasteiger partial charge in [-0.05, 0) is 44.0 Å². The Morgan fingerprint density at radius 3 is 2.37 bits per heavy atom. The molecule has 2 aromatic heterocycles. The van der Waals surface area contributed by atoms with Crippen molar-refractivity contribution in [2.24, 2.45) is 7.05 Å². The summed E-state index contributed by atoms with van der Waals surface area (Å²) in [7, 11) is -2.41. The fourth-order valence-corrected chi connectivity index (χ4v) is 4.58. The molecule has 0 fully saturated rings. The number of aromatic nitrogens is 4. The van der Waals surface area contributed by atoms with E-state index in [9.17, 15) is 18.3 Å². The highest BCUT2D eigenvalue weighted by Gasteiger charge is 2.21. The Kier molecular flexibility index (Phi) is 6.27. The van der Waals surface area contributed by atoms with E-state index in [1.807, 2.05) is 32.0 Å². The molecule has 0 aliphatic carbocycles. The molecule has 2 aromatic carbocycles. The zero-order chi connectivity index (χ0) is 25.3. The zero-order valence-electron chi connectivity index (χ0n) is 19.5. The predicted octanol–water partition coefficient (Wildman–Crippen LogP) is 4.09. The van der Waals surface area contributed by atoms with Crippen LogP contribution < -0.4 is 9.46 Å². The van der Waals surface area contributed by atoms with Crippen LogP contribution in [0.4, 0.5) is 5.95 Å². The number of hydrogen-bond acceptors (Lipinski definition) is 7. The summed E-state index contributed by atoms with van der Waals surface area (Å²) < 4.78 is 35.5. The number of anilines is 1. The van der Waals surface area contributed by atoms with Gasteiger partial charge >= 0.3 is 5.97 Å². The Bertz CT molecular complexity index is 1530. The second kappa shape index (κ2) is 9.18. The van der Waals surface area contributed by atoms with Gasteiger partial charge in [-0.3, -0.25) is 4.68 Å². The molecule has 0 saturated heterocycles. The van der Waals surface area contributed by atoms with Crippen LogP contribution in [0.5, 0.6) is 11.6 Å². The average molecular weight is 494 g/mol. The fraction of sp³-hybridized carbons (Fsp3) is 0.167. The van der Waals surface area contributed by atoms with Crippen LogP contribution >= 0.6 is 0 Å².